The second-order valence-electron chi connectivity index (χ2n) is 3.52. The monoisotopic (exact) mass is 201 g/mol. The van der Waals surface area contributed by atoms with Crippen molar-refractivity contribution in [2.45, 2.75) is 19.9 Å². The molecule has 1 aromatic heterocycles. The van der Waals surface area contributed by atoms with E-state index in [0.29, 0.717) is 6.54 Å². The van der Waals surface area contributed by atoms with E-state index in [0.717, 1.165) is 17.7 Å². The Kier molecular flexibility index (Phi) is 2.83. The van der Waals surface area contributed by atoms with Gasteiger partial charge in [-0.05, 0) is 23.1 Å². The number of hydrogen-bond acceptors (Lipinski definition) is 2. The molecule has 0 fully saturated rings. The molecule has 3 nitrogen and oxygen atoms in total. The number of rotatable bonds is 3. The average Bonchev–Trinajstić information content (AvgIpc) is 2.77. The largest absolute Gasteiger partial charge is 0.326 e. The molecule has 78 valence electrons. The van der Waals surface area contributed by atoms with Gasteiger partial charge in [-0.1, -0.05) is 31.2 Å². The number of nitrogens with one attached hydrogen (secondary N) is 1. The predicted molar refractivity (Wildman–Crippen MR) is 61.3 cm³/mol. The number of nitrogens with two attached hydrogens (primary N) is 1. The van der Waals surface area contributed by atoms with Crippen LogP contribution in [0.5, 0.6) is 0 Å². The number of aryl methyl sites for hydroxylation is 1. The van der Waals surface area contributed by atoms with Gasteiger partial charge in [0.05, 0.1) is 11.9 Å². The molecule has 0 saturated carbocycles. The lowest BCUT2D eigenvalue weighted by molar-refractivity contribution is 1.07. The number of nitrogens with zero attached hydrogens (tertiary/aromatic N) is 1. The van der Waals surface area contributed by atoms with E-state index < -0.39 is 0 Å². The second-order valence-corrected chi connectivity index (χ2v) is 3.52. The summed E-state index contributed by atoms with van der Waals surface area (Å²) in [6, 6.07) is 8.26. The summed E-state index contributed by atoms with van der Waals surface area (Å²) in [4.78, 5) is 0. The zero-order chi connectivity index (χ0) is 10.7. The van der Waals surface area contributed by atoms with Crippen LogP contribution >= 0.6 is 0 Å². The van der Waals surface area contributed by atoms with Gasteiger partial charge in [0.25, 0.3) is 0 Å². The number of aromatic nitrogens is 2. The van der Waals surface area contributed by atoms with Gasteiger partial charge in [-0.15, -0.1) is 0 Å². The summed E-state index contributed by atoms with van der Waals surface area (Å²) in [7, 11) is 0. The van der Waals surface area contributed by atoms with E-state index in [2.05, 4.69) is 41.4 Å². The first-order valence-corrected chi connectivity index (χ1v) is 5.16. The molecule has 0 atom stereocenters. The van der Waals surface area contributed by atoms with Gasteiger partial charge >= 0.3 is 0 Å². The molecule has 0 aliphatic heterocycles. The zero-order valence-electron chi connectivity index (χ0n) is 8.83. The van der Waals surface area contributed by atoms with Gasteiger partial charge in [-0.25, -0.2) is 0 Å². The third kappa shape index (κ3) is 1.92. The molecule has 0 aliphatic rings. The van der Waals surface area contributed by atoms with Crippen LogP contribution in [0.1, 0.15) is 18.1 Å². The van der Waals surface area contributed by atoms with Crippen LogP contribution in [0, 0.1) is 0 Å². The molecule has 0 unspecified atom stereocenters. The van der Waals surface area contributed by atoms with E-state index in [1.54, 1.807) is 0 Å². The molecule has 3 heteroatoms. The minimum atomic E-state index is 0.587. The summed E-state index contributed by atoms with van der Waals surface area (Å²) in [5.41, 5.74) is 10.2. The van der Waals surface area contributed by atoms with Crippen molar-refractivity contribution in [3.05, 3.63) is 41.6 Å². The smallest absolute Gasteiger partial charge is 0.0682 e. The zero-order valence-corrected chi connectivity index (χ0v) is 8.83. The van der Waals surface area contributed by atoms with Crippen molar-refractivity contribution in [1.82, 2.24) is 10.2 Å². The summed E-state index contributed by atoms with van der Waals surface area (Å²) in [5, 5.41) is 7.09. The molecule has 1 aromatic carbocycles. The van der Waals surface area contributed by atoms with Crippen LogP contribution in [0.2, 0.25) is 0 Å². The molecule has 0 saturated heterocycles. The molecule has 1 heterocycles. The van der Waals surface area contributed by atoms with E-state index in [4.69, 9.17) is 5.73 Å². The Labute approximate surface area is 89.3 Å². The maximum absolute atomic E-state index is 5.55. The third-order valence-electron chi connectivity index (χ3n) is 2.58. The average molecular weight is 201 g/mol. The fraction of sp³-hybridized carbons (Fsp3) is 0.250. The van der Waals surface area contributed by atoms with Crippen molar-refractivity contribution in [3.8, 4) is 11.3 Å². The van der Waals surface area contributed by atoms with Gasteiger partial charge in [0, 0.05) is 6.54 Å². The summed E-state index contributed by atoms with van der Waals surface area (Å²) in [6.45, 7) is 2.71. The van der Waals surface area contributed by atoms with Gasteiger partial charge in [0.15, 0.2) is 0 Å². The lowest BCUT2D eigenvalue weighted by Gasteiger charge is -2.02. The van der Waals surface area contributed by atoms with Gasteiger partial charge in [0.2, 0.25) is 0 Å². The highest BCUT2D eigenvalue weighted by Gasteiger charge is 2.05. The molecule has 0 radical (unpaired) electrons. The highest BCUT2D eigenvalue weighted by atomic mass is 15.1. The summed E-state index contributed by atoms with van der Waals surface area (Å²) in [6.07, 6.45) is 2.87. The standard InChI is InChI=1S/C12H15N3/c1-2-10-8-14-15-12(10)11-5-3-9(7-13)4-6-11/h3-6,8H,2,7,13H2,1H3,(H,14,15). The minimum Gasteiger partial charge on any atom is -0.326 e. The molecule has 2 aromatic rings. The lowest BCUT2D eigenvalue weighted by atomic mass is 10.0. The van der Waals surface area contributed by atoms with E-state index in [-0.39, 0.29) is 0 Å². The van der Waals surface area contributed by atoms with E-state index in [9.17, 15) is 0 Å². The van der Waals surface area contributed by atoms with Crippen molar-refractivity contribution >= 4 is 0 Å². The van der Waals surface area contributed by atoms with Crippen LogP contribution in [0.25, 0.3) is 11.3 Å². The van der Waals surface area contributed by atoms with E-state index >= 15 is 0 Å². The molecular weight excluding hydrogens is 186 g/mol. The Hall–Kier alpha value is -1.61. The first-order chi connectivity index (χ1) is 7.35. The maximum atomic E-state index is 5.55. The van der Waals surface area contributed by atoms with Crippen LogP contribution in [0.15, 0.2) is 30.5 Å². The van der Waals surface area contributed by atoms with Crippen molar-refractivity contribution in [3.63, 3.8) is 0 Å². The van der Waals surface area contributed by atoms with E-state index in [1.165, 1.54) is 11.1 Å². The summed E-state index contributed by atoms with van der Waals surface area (Å²) >= 11 is 0. The molecule has 0 amide bonds. The maximum Gasteiger partial charge on any atom is 0.0682 e. The molecule has 3 N–H and O–H groups in total. The van der Waals surface area contributed by atoms with Crippen LogP contribution < -0.4 is 5.73 Å². The number of hydrogen-bond donors (Lipinski definition) is 2. The Morgan fingerprint density at radius 1 is 1.27 bits per heavy atom. The van der Waals surface area contributed by atoms with Gasteiger partial charge in [-0.3, -0.25) is 5.10 Å². The van der Waals surface area contributed by atoms with Crippen LogP contribution in [-0.2, 0) is 13.0 Å². The Bertz CT molecular complexity index is 428. The van der Waals surface area contributed by atoms with Gasteiger partial charge < -0.3 is 5.73 Å². The van der Waals surface area contributed by atoms with Crippen molar-refractivity contribution in [2.24, 2.45) is 5.73 Å². The minimum absolute atomic E-state index is 0.587. The predicted octanol–water partition coefficient (Wildman–Crippen LogP) is 2.10. The topological polar surface area (TPSA) is 54.7 Å². The first kappa shape index (κ1) is 9.93. The molecule has 0 spiro atoms. The van der Waals surface area contributed by atoms with Crippen LogP contribution in [0.4, 0.5) is 0 Å². The quantitative estimate of drug-likeness (QED) is 0.799. The Balaban J connectivity index is 2.37. The number of benzene rings is 1. The van der Waals surface area contributed by atoms with Crippen molar-refractivity contribution in [1.29, 1.82) is 0 Å². The highest BCUT2D eigenvalue weighted by molar-refractivity contribution is 5.62. The molecule has 0 aliphatic carbocycles. The SMILES string of the molecule is CCc1cn[nH]c1-c1ccc(CN)cc1. The number of aromatic amines is 1. The van der Waals surface area contributed by atoms with Crippen LogP contribution in [-0.4, -0.2) is 10.2 Å². The third-order valence-corrected chi connectivity index (χ3v) is 2.58. The highest BCUT2D eigenvalue weighted by Crippen LogP contribution is 2.21. The first-order valence-electron chi connectivity index (χ1n) is 5.16. The van der Waals surface area contributed by atoms with Gasteiger partial charge in [-0.2, -0.15) is 5.10 Å². The Morgan fingerprint density at radius 2 is 2.00 bits per heavy atom. The normalized spacial score (nSPS) is 10.5. The Morgan fingerprint density at radius 3 is 2.60 bits per heavy atom. The fourth-order valence-corrected chi connectivity index (χ4v) is 1.64. The van der Waals surface area contributed by atoms with Crippen LogP contribution in [0.3, 0.4) is 0 Å². The van der Waals surface area contributed by atoms with Crippen molar-refractivity contribution in [2.75, 3.05) is 0 Å². The summed E-state index contributed by atoms with van der Waals surface area (Å²) in [5.74, 6) is 0. The van der Waals surface area contributed by atoms with E-state index in [1.807, 2.05) is 6.20 Å². The molecule has 15 heavy (non-hydrogen) atoms. The van der Waals surface area contributed by atoms with Crippen molar-refractivity contribution < 1.29 is 0 Å². The number of H-pyrrole nitrogens is 1. The second kappa shape index (κ2) is 4.28. The molecule has 2 rings (SSSR count). The lowest BCUT2D eigenvalue weighted by Crippen LogP contribution is -1.95. The fourth-order valence-electron chi connectivity index (χ4n) is 1.64. The molecule has 0 bridgehead atoms. The molecular formula is C12H15N3. The summed E-state index contributed by atoms with van der Waals surface area (Å²) < 4.78 is 0. The van der Waals surface area contributed by atoms with Gasteiger partial charge in [0.1, 0.15) is 0 Å².